The van der Waals surface area contributed by atoms with Crippen molar-refractivity contribution in [2.75, 3.05) is 11.9 Å². The highest BCUT2D eigenvalue weighted by Gasteiger charge is 2.16. The van der Waals surface area contributed by atoms with Crippen LogP contribution in [-0.2, 0) is 0 Å². The Hall–Kier alpha value is -1.29. The second-order valence-corrected chi connectivity index (χ2v) is 5.20. The first-order valence-corrected chi connectivity index (χ1v) is 5.91. The minimum atomic E-state index is -0.453. The second-order valence-electron chi connectivity index (χ2n) is 4.79. The van der Waals surface area contributed by atoms with E-state index in [1.165, 1.54) is 12.1 Å². The molecule has 0 heterocycles. The van der Waals surface area contributed by atoms with Gasteiger partial charge in [-0.15, -0.1) is 0 Å². The molecule has 0 amide bonds. The molecule has 5 heteroatoms. The molecule has 94 valence electrons. The first-order valence-electron chi connectivity index (χ1n) is 5.53. The van der Waals surface area contributed by atoms with Crippen LogP contribution >= 0.6 is 11.6 Å². The molecule has 0 aromatic heterocycles. The summed E-state index contributed by atoms with van der Waals surface area (Å²) in [5, 5.41) is 14.2. The molecule has 0 unspecified atom stereocenters. The van der Waals surface area contributed by atoms with Gasteiger partial charge in [0.2, 0.25) is 0 Å². The van der Waals surface area contributed by atoms with Gasteiger partial charge in [-0.2, -0.15) is 0 Å². The SMILES string of the molecule is CCC(C)(C)CNc1ccc([N+](=O)[O-])cc1Cl. The lowest BCUT2D eigenvalue weighted by molar-refractivity contribution is -0.384. The smallest absolute Gasteiger partial charge is 0.271 e. The van der Waals surface area contributed by atoms with Crippen LogP contribution in [0.2, 0.25) is 5.02 Å². The van der Waals surface area contributed by atoms with Gasteiger partial charge < -0.3 is 5.32 Å². The number of nitro benzene ring substituents is 1. The van der Waals surface area contributed by atoms with Crippen LogP contribution in [-0.4, -0.2) is 11.5 Å². The van der Waals surface area contributed by atoms with Crippen molar-refractivity contribution in [2.45, 2.75) is 27.2 Å². The van der Waals surface area contributed by atoms with Gasteiger partial charge in [-0.25, -0.2) is 0 Å². The molecule has 0 bridgehead atoms. The number of benzene rings is 1. The van der Waals surface area contributed by atoms with E-state index in [1.807, 2.05) is 0 Å². The topological polar surface area (TPSA) is 55.2 Å². The Bertz CT molecular complexity index is 419. The summed E-state index contributed by atoms with van der Waals surface area (Å²) in [5.41, 5.74) is 0.916. The number of rotatable bonds is 5. The fourth-order valence-electron chi connectivity index (χ4n) is 1.22. The quantitative estimate of drug-likeness (QED) is 0.637. The molecule has 0 aliphatic carbocycles. The minimum Gasteiger partial charge on any atom is -0.383 e. The van der Waals surface area contributed by atoms with Crippen LogP contribution in [0.15, 0.2) is 18.2 Å². The van der Waals surface area contributed by atoms with Crippen molar-refractivity contribution in [3.8, 4) is 0 Å². The van der Waals surface area contributed by atoms with Crippen molar-refractivity contribution in [3.05, 3.63) is 33.3 Å². The normalized spacial score (nSPS) is 11.3. The molecule has 1 rings (SSSR count). The maximum atomic E-state index is 10.6. The van der Waals surface area contributed by atoms with E-state index in [9.17, 15) is 10.1 Å². The number of halogens is 1. The van der Waals surface area contributed by atoms with Crippen molar-refractivity contribution in [1.29, 1.82) is 0 Å². The zero-order valence-electron chi connectivity index (χ0n) is 10.3. The highest BCUT2D eigenvalue weighted by Crippen LogP contribution is 2.28. The third-order valence-electron chi connectivity index (χ3n) is 2.88. The van der Waals surface area contributed by atoms with Crippen LogP contribution in [0.25, 0.3) is 0 Å². The zero-order chi connectivity index (χ0) is 13.1. The number of hydrogen-bond acceptors (Lipinski definition) is 3. The predicted molar refractivity (Wildman–Crippen MR) is 70.7 cm³/mol. The molecule has 1 aromatic carbocycles. The molecule has 17 heavy (non-hydrogen) atoms. The molecular formula is C12H17ClN2O2. The van der Waals surface area contributed by atoms with E-state index >= 15 is 0 Å². The van der Waals surface area contributed by atoms with E-state index < -0.39 is 4.92 Å². The summed E-state index contributed by atoms with van der Waals surface area (Å²) in [6, 6.07) is 4.46. The van der Waals surface area contributed by atoms with E-state index in [-0.39, 0.29) is 11.1 Å². The first kappa shape index (κ1) is 13.8. The molecule has 0 saturated heterocycles. The predicted octanol–water partition coefficient (Wildman–Crippen LogP) is 4.10. The van der Waals surface area contributed by atoms with Crippen molar-refractivity contribution >= 4 is 23.0 Å². The lowest BCUT2D eigenvalue weighted by Gasteiger charge is -2.23. The van der Waals surface area contributed by atoms with Gasteiger partial charge >= 0.3 is 0 Å². The summed E-state index contributed by atoms with van der Waals surface area (Å²) in [7, 11) is 0. The average molecular weight is 257 g/mol. The Morgan fingerprint density at radius 1 is 1.47 bits per heavy atom. The third kappa shape index (κ3) is 3.89. The third-order valence-corrected chi connectivity index (χ3v) is 3.19. The average Bonchev–Trinajstić information content (AvgIpc) is 2.27. The summed E-state index contributed by atoms with van der Waals surface area (Å²) in [6.07, 6.45) is 1.05. The van der Waals surface area contributed by atoms with Gasteiger partial charge in [-0.05, 0) is 17.9 Å². The molecule has 0 fully saturated rings. The first-order chi connectivity index (χ1) is 7.85. The summed E-state index contributed by atoms with van der Waals surface area (Å²) in [5.74, 6) is 0. The maximum absolute atomic E-state index is 10.6. The van der Waals surface area contributed by atoms with Gasteiger partial charge in [0.05, 0.1) is 15.6 Å². The van der Waals surface area contributed by atoms with Crippen molar-refractivity contribution in [2.24, 2.45) is 5.41 Å². The number of nitro groups is 1. The van der Waals surface area contributed by atoms with E-state index in [1.54, 1.807) is 6.07 Å². The van der Waals surface area contributed by atoms with Crippen LogP contribution in [0, 0.1) is 15.5 Å². The molecular weight excluding hydrogens is 240 g/mol. The van der Waals surface area contributed by atoms with E-state index in [0.717, 1.165) is 18.7 Å². The summed E-state index contributed by atoms with van der Waals surface area (Å²) < 4.78 is 0. The summed E-state index contributed by atoms with van der Waals surface area (Å²) >= 11 is 5.98. The van der Waals surface area contributed by atoms with Gasteiger partial charge in [0.1, 0.15) is 0 Å². The Balaban J connectivity index is 2.77. The van der Waals surface area contributed by atoms with Gasteiger partial charge in [0, 0.05) is 18.7 Å². The molecule has 4 nitrogen and oxygen atoms in total. The largest absolute Gasteiger partial charge is 0.383 e. The fraction of sp³-hybridized carbons (Fsp3) is 0.500. The van der Waals surface area contributed by atoms with Gasteiger partial charge in [-0.3, -0.25) is 10.1 Å². The van der Waals surface area contributed by atoms with E-state index in [2.05, 4.69) is 26.1 Å². The number of nitrogens with zero attached hydrogens (tertiary/aromatic N) is 1. The Morgan fingerprint density at radius 3 is 2.59 bits per heavy atom. The van der Waals surface area contributed by atoms with Crippen molar-refractivity contribution in [1.82, 2.24) is 0 Å². The molecule has 1 N–H and O–H groups in total. The molecule has 0 aliphatic heterocycles. The van der Waals surface area contributed by atoms with Crippen LogP contribution in [0.1, 0.15) is 27.2 Å². The fourth-order valence-corrected chi connectivity index (χ4v) is 1.46. The maximum Gasteiger partial charge on any atom is 0.271 e. The Kier molecular flexibility index (Phi) is 4.34. The van der Waals surface area contributed by atoms with Gasteiger partial charge in [0.25, 0.3) is 5.69 Å². The second kappa shape index (κ2) is 5.36. The van der Waals surface area contributed by atoms with Crippen LogP contribution in [0.3, 0.4) is 0 Å². The van der Waals surface area contributed by atoms with Crippen LogP contribution in [0.4, 0.5) is 11.4 Å². The number of non-ortho nitro benzene ring substituents is 1. The van der Waals surface area contributed by atoms with E-state index in [4.69, 9.17) is 11.6 Å². The summed E-state index contributed by atoms with van der Waals surface area (Å²) in [6.45, 7) is 7.21. The number of anilines is 1. The Labute approximate surface area is 106 Å². The number of hydrogen-bond donors (Lipinski definition) is 1. The highest BCUT2D eigenvalue weighted by molar-refractivity contribution is 6.33. The lowest BCUT2D eigenvalue weighted by Crippen LogP contribution is -2.22. The lowest BCUT2D eigenvalue weighted by atomic mass is 9.90. The molecule has 0 saturated carbocycles. The molecule has 1 aromatic rings. The minimum absolute atomic E-state index is 0.00954. The van der Waals surface area contributed by atoms with E-state index in [0.29, 0.717) is 5.02 Å². The highest BCUT2D eigenvalue weighted by atomic mass is 35.5. The van der Waals surface area contributed by atoms with Crippen molar-refractivity contribution in [3.63, 3.8) is 0 Å². The van der Waals surface area contributed by atoms with Gasteiger partial charge in [0.15, 0.2) is 0 Å². The molecule has 0 atom stereocenters. The van der Waals surface area contributed by atoms with Crippen LogP contribution in [0.5, 0.6) is 0 Å². The number of nitrogens with one attached hydrogen (secondary N) is 1. The zero-order valence-corrected chi connectivity index (χ0v) is 11.0. The standard InChI is InChI=1S/C12H17ClN2O2/c1-4-12(2,3)8-14-11-6-5-9(15(16)17)7-10(11)13/h5-7,14H,4,8H2,1-3H3. The van der Waals surface area contributed by atoms with Gasteiger partial charge in [-0.1, -0.05) is 32.4 Å². The molecule has 0 aliphatic rings. The molecule has 0 radical (unpaired) electrons. The van der Waals surface area contributed by atoms with Crippen LogP contribution < -0.4 is 5.32 Å². The Morgan fingerprint density at radius 2 is 2.12 bits per heavy atom. The van der Waals surface area contributed by atoms with Crippen molar-refractivity contribution < 1.29 is 4.92 Å². The molecule has 0 spiro atoms. The summed E-state index contributed by atoms with van der Waals surface area (Å²) in [4.78, 5) is 10.1. The monoisotopic (exact) mass is 256 g/mol.